The van der Waals surface area contributed by atoms with E-state index in [2.05, 4.69) is 11.0 Å². The molecule has 0 atom stereocenters. The normalized spacial score (nSPS) is 14.8. The first kappa shape index (κ1) is 24.6. The van der Waals surface area contributed by atoms with Crippen molar-refractivity contribution < 1.29 is 14.3 Å². The quantitative estimate of drug-likeness (QED) is 0.549. The van der Waals surface area contributed by atoms with Crippen molar-refractivity contribution >= 4 is 23.6 Å². The topological polar surface area (TPSA) is 65.8 Å². The Bertz CT molecular complexity index is 1030. The van der Waals surface area contributed by atoms with Crippen LogP contribution >= 0.6 is 11.6 Å². The van der Waals surface area contributed by atoms with Gasteiger partial charge in [-0.15, -0.1) is 0 Å². The molecular formula is C26H30ClN3O3. The number of amides is 1. The molecule has 2 aromatic rings. The molecule has 1 aliphatic heterocycles. The van der Waals surface area contributed by atoms with Crippen molar-refractivity contribution in [1.82, 2.24) is 9.80 Å². The van der Waals surface area contributed by atoms with Gasteiger partial charge in [-0.25, -0.2) is 0 Å². The van der Waals surface area contributed by atoms with Crippen LogP contribution in [0.15, 0.2) is 42.5 Å². The SMILES string of the molecule is COc1cc(/C=C/C(=O)N2CCCN(Cc3ccc(C#N)cc3)CC2)cc(Cl)c1OC(C)C. The highest BCUT2D eigenvalue weighted by molar-refractivity contribution is 6.32. The molecule has 1 fully saturated rings. The minimum Gasteiger partial charge on any atom is -0.493 e. The van der Waals surface area contributed by atoms with E-state index in [1.807, 2.05) is 49.1 Å². The Morgan fingerprint density at radius 1 is 1.18 bits per heavy atom. The highest BCUT2D eigenvalue weighted by Crippen LogP contribution is 2.37. The highest BCUT2D eigenvalue weighted by atomic mass is 35.5. The van der Waals surface area contributed by atoms with Crippen LogP contribution in [0.5, 0.6) is 11.5 Å². The molecule has 2 aromatic carbocycles. The lowest BCUT2D eigenvalue weighted by Gasteiger charge is -2.21. The number of benzene rings is 2. The molecule has 33 heavy (non-hydrogen) atoms. The van der Waals surface area contributed by atoms with Crippen LogP contribution in [0.2, 0.25) is 5.02 Å². The molecule has 0 radical (unpaired) electrons. The number of ether oxygens (including phenoxy) is 2. The molecule has 1 aliphatic rings. The number of nitriles is 1. The summed E-state index contributed by atoms with van der Waals surface area (Å²) in [5.41, 5.74) is 2.61. The number of methoxy groups -OCH3 is 1. The average molecular weight is 468 g/mol. The molecule has 7 heteroatoms. The molecular weight excluding hydrogens is 438 g/mol. The van der Waals surface area contributed by atoms with Crippen molar-refractivity contribution in [3.8, 4) is 17.6 Å². The molecule has 0 aliphatic carbocycles. The van der Waals surface area contributed by atoms with Crippen LogP contribution < -0.4 is 9.47 Å². The van der Waals surface area contributed by atoms with Gasteiger partial charge in [-0.05, 0) is 61.7 Å². The van der Waals surface area contributed by atoms with E-state index in [0.29, 0.717) is 28.6 Å². The van der Waals surface area contributed by atoms with Gasteiger partial charge < -0.3 is 14.4 Å². The van der Waals surface area contributed by atoms with E-state index in [9.17, 15) is 4.79 Å². The van der Waals surface area contributed by atoms with Gasteiger partial charge in [0.2, 0.25) is 5.91 Å². The van der Waals surface area contributed by atoms with Crippen molar-refractivity contribution in [3.05, 3.63) is 64.2 Å². The molecule has 0 saturated carbocycles. The summed E-state index contributed by atoms with van der Waals surface area (Å²) in [6, 6.07) is 13.4. The maximum Gasteiger partial charge on any atom is 0.246 e. The van der Waals surface area contributed by atoms with E-state index in [1.54, 1.807) is 25.3 Å². The molecule has 3 rings (SSSR count). The first-order valence-electron chi connectivity index (χ1n) is 11.1. The van der Waals surface area contributed by atoms with Gasteiger partial charge in [0.15, 0.2) is 11.5 Å². The first-order valence-corrected chi connectivity index (χ1v) is 11.5. The summed E-state index contributed by atoms with van der Waals surface area (Å²) in [6.07, 6.45) is 4.23. The zero-order valence-corrected chi connectivity index (χ0v) is 20.1. The number of rotatable bonds is 7. The first-order chi connectivity index (χ1) is 15.9. The van der Waals surface area contributed by atoms with Gasteiger partial charge in [0, 0.05) is 38.8 Å². The standard InChI is InChI=1S/C26H30ClN3O3/c1-19(2)33-26-23(27)15-22(16-24(26)32-3)9-10-25(31)30-12-4-11-29(13-14-30)18-21-7-5-20(17-28)6-8-21/h5-10,15-16,19H,4,11-14,18H2,1-3H3/b10-9+. The predicted molar refractivity (Wildman–Crippen MR) is 130 cm³/mol. The van der Waals surface area contributed by atoms with Crippen molar-refractivity contribution in [2.45, 2.75) is 32.9 Å². The van der Waals surface area contributed by atoms with Gasteiger partial charge in [0.1, 0.15) is 0 Å². The summed E-state index contributed by atoms with van der Waals surface area (Å²) in [5, 5.41) is 9.39. The van der Waals surface area contributed by atoms with Crippen LogP contribution in [0, 0.1) is 11.3 Å². The van der Waals surface area contributed by atoms with Crippen molar-refractivity contribution in [3.63, 3.8) is 0 Å². The number of nitrogens with zero attached hydrogens (tertiary/aromatic N) is 3. The second kappa shape index (κ2) is 11.7. The van der Waals surface area contributed by atoms with E-state index < -0.39 is 0 Å². The van der Waals surface area contributed by atoms with Gasteiger partial charge in [0.05, 0.1) is 29.9 Å². The van der Waals surface area contributed by atoms with Gasteiger partial charge >= 0.3 is 0 Å². The second-order valence-corrected chi connectivity index (χ2v) is 8.70. The fourth-order valence-corrected chi connectivity index (χ4v) is 4.01. The van der Waals surface area contributed by atoms with E-state index in [0.717, 1.165) is 38.2 Å². The molecule has 0 spiro atoms. The molecule has 0 aromatic heterocycles. The smallest absolute Gasteiger partial charge is 0.246 e. The summed E-state index contributed by atoms with van der Waals surface area (Å²) in [4.78, 5) is 17.0. The molecule has 1 heterocycles. The molecule has 174 valence electrons. The van der Waals surface area contributed by atoms with Crippen LogP contribution in [0.3, 0.4) is 0 Å². The Labute approximate surface area is 201 Å². The van der Waals surface area contributed by atoms with Crippen molar-refractivity contribution in [2.75, 3.05) is 33.3 Å². The fraction of sp³-hybridized carbons (Fsp3) is 0.385. The summed E-state index contributed by atoms with van der Waals surface area (Å²) >= 11 is 6.39. The summed E-state index contributed by atoms with van der Waals surface area (Å²) in [5.74, 6) is 1.02. The highest BCUT2D eigenvalue weighted by Gasteiger charge is 2.18. The average Bonchev–Trinajstić information content (AvgIpc) is 3.04. The van der Waals surface area contributed by atoms with Gasteiger partial charge in [0.25, 0.3) is 0 Å². The molecule has 0 bridgehead atoms. The number of hydrogen-bond donors (Lipinski definition) is 0. The summed E-state index contributed by atoms with van der Waals surface area (Å²) in [6.45, 7) is 7.79. The Hall–Kier alpha value is -3.01. The minimum atomic E-state index is -0.0288. The zero-order chi connectivity index (χ0) is 23.8. The number of hydrogen-bond acceptors (Lipinski definition) is 5. The number of carbonyl (C=O) groups excluding carboxylic acids is 1. The Morgan fingerprint density at radius 2 is 1.94 bits per heavy atom. The predicted octanol–water partition coefficient (Wildman–Crippen LogP) is 4.76. The Morgan fingerprint density at radius 3 is 2.61 bits per heavy atom. The molecule has 1 amide bonds. The molecule has 0 unspecified atom stereocenters. The van der Waals surface area contributed by atoms with Crippen molar-refractivity contribution in [1.29, 1.82) is 5.26 Å². The van der Waals surface area contributed by atoms with Crippen molar-refractivity contribution in [2.24, 2.45) is 0 Å². The lowest BCUT2D eigenvalue weighted by molar-refractivity contribution is -0.125. The van der Waals surface area contributed by atoms with Gasteiger partial charge in [-0.1, -0.05) is 23.7 Å². The second-order valence-electron chi connectivity index (χ2n) is 8.30. The Balaban J connectivity index is 1.60. The summed E-state index contributed by atoms with van der Waals surface area (Å²) < 4.78 is 11.2. The van der Waals surface area contributed by atoms with E-state index in [-0.39, 0.29) is 12.0 Å². The lowest BCUT2D eigenvalue weighted by Crippen LogP contribution is -2.34. The van der Waals surface area contributed by atoms with Crippen LogP contribution in [0.1, 0.15) is 37.0 Å². The third-order valence-electron chi connectivity index (χ3n) is 5.41. The molecule has 1 saturated heterocycles. The van der Waals surface area contributed by atoms with Crippen LogP contribution in [-0.2, 0) is 11.3 Å². The van der Waals surface area contributed by atoms with E-state index in [4.69, 9.17) is 26.3 Å². The maximum atomic E-state index is 12.8. The maximum absolute atomic E-state index is 12.8. The van der Waals surface area contributed by atoms with E-state index in [1.165, 1.54) is 5.56 Å². The Kier molecular flexibility index (Phi) is 8.76. The van der Waals surface area contributed by atoms with Crippen LogP contribution in [0.25, 0.3) is 6.08 Å². The summed E-state index contributed by atoms with van der Waals surface area (Å²) in [7, 11) is 1.57. The number of halogens is 1. The van der Waals surface area contributed by atoms with Gasteiger partial charge in [-0.3, -0.25) is 9.69 Å². The monoisotopic (exact) mass is 467 g/mol. The van der Waals surface area contributed by atoms with Gasteiger partial charge in [-0.2, -0.15) is 5.26 Å². The lowest BCUT2D eigenvalue weighted by atomic mass is 10.1. The molecule has 6 nitrogen and oxygen atoms in total. The third-order valence-corrected chi connectivity index (χ3v) is 5.69. The third kappa shape index (κ3) is 6.98. The minimum absolute atomic E-state index is 0.0205. The number of carbonyl (C=O) groups is 1. The molecule has 0 N–H and O–H groups in total. The largest absolute Gasteiger partial charge is 0.493 e. The van der Waals surface area contributed by atoms with Crippen LogP contribution in [-0.4, -0.2) is 55.1 Å². The fourth-order valence-electron chi connectivity index (χ4n) is 3.75. The van der Waals surface area contributed by atoms with E-state index >= 15 is 0 Å². The zero-order valence-electron chi connectivity index (χ0n) is 19.4. The van der Waals surface area contributed by atoms with Crippen LogP contribution in [0.4, 0.5) is 0 Å².